The Bertz CT molecular complexity index is 966. The summed E-state index contributed by atoms with van der Waals surface area (Å²) in [5.74, 6) is 0.839. The van der Waals surface area contributed by atoms with Crippen LogP contribution < -0.4 is 0 Å². The predicted octanol–water partition coefficient (Wildman–Crippen LogP) is 4.51. The molecule has 0 bridgehead atoms. The van der Waals surface area contributed by atoms with E-state index in [2.05, 4.69) is 21.8 Å². The molecule has 0 radical (unpaired) electrons. The van der Waals surface area contributed by atoms with Gasteiger partial charge in [0.05, 0.1) is 5.25 Å². The van der Waals surface area contributed by atoms with E-state index in [1.165, 1.54) is 11.8 Å². The summed E-state index contributed by atoms with van der Waals surface area (Å²) in [4.78, 5) is 17.0. The van der Waals surface area contributed by atoms with Crippen molar-refractivity contribution in [3.05, 3.63) is 72.1 Å². The SMILES string of the molecule is C=CCn1c(S[C@@H](C)C(=O)c2cc(C)ccc2C)nnc1-c1ccncc1. The Kier molecular flexibility index (Phi) is 5.86. The van der Waals surface area contributed by atoms with Gasteiger partial charge in [0.25, 0.3) is 0 Å². The van der Waals surface area contributed by atoms with Crippen molar-refractivity contribution in [2.24, 2.45) is 0 Å². The van der Waals surface area contributed by atoms with Crippen molar-refractivity contribution in [1.29, 1.82) is 0 Å². The van der Waals surface area contributed by atoms with Crippen molar-refractivity contribution in [2.75, 3.05) is 0 Å². The first kappa shape index (κ1) is 19.0. The molecule has 0 aliphatic heterocycles. The average molecular weight is 379 g/mol. The van der Waals surface area contributed by atoms with Gasteiger partial charge in [0.15, 0.2) is 16.8 Å². The maximum atomic E-state index is 13.0. The fourth-order valence-corrected chi connectivity index (χ4v) is 3.74. The summed E-state index contributed by atoms with van der Waals surface area (Å²) in [5, 5.41) is 9.08. The van der Waals surface area contributed by atoms with E-state index in [0.717, 1.165) is 28.1 Å². The van der Waals surface area contributed by atoms with Gasteiger partial charge < -0.3 is 0 Å². The highest BCUT2D eigenvalue weighted by Crippen LogP contribution is 2.29. The lowest BCUT2D eigenvalue weighted by Crippen LogP contribution is -2.16. The lowest BCUT2D eigenvalue weighted by Gasteiger charge is -2.13. The number of pyridine rings is 1. The molecule has 0 spiro atoms. The predicted molar refractivity (Wildman–Crippen MR) is 109 cm³/mol. The fourth-order valence-electron chi connectivity index (χ4n) is 2.82. The molecule has 27 heavy (non-hydrogen) atoms. The molecule has 2 heterocycles. The van der Waals surface area contributed by atoms with Gasteiger partial charge in [-0.15, -0.1) is 16.8 Å². The standard InChI is InChI=1S/C21H22N4OS/c1-5-12-25-20(17-8-10-22-11-9-17)23-24-21(25)27-16(4)19(26)18-13-14(2)6-7-15(18)3/h5-11,13,16H,1,12H2,2-4H3/t16-/m0/s1. The van der Waals surface area contributed by atoms with E-state index in [0.29, 0.717) is 11.7 Å². The van der Waals surface area contributed by atoms with E-state index in [4.69, 9.17) is 0 Å². The zero-order valence-electron chi connectivity index (χ0n) is 15.7. The first-order valence-corrected chi connectivity index (χ1v) is 9.62. The monoisotopic (exact) mass is 378 g/mol. The molecule has 1 aromatic carbocycles. The molecule has 0 aliphatic rings. The van der Waals surface area contributed by atoms with E-state index in [1.54, 1.807) is 18.5 Å². The number of aromatic nitrogens is 4. The number of aryl methyl sites for hydroxylation is 2. The second-order valence-corrected chi connectivity index (χ2v) is 7.69. The minimum Gasteiger partial charge on any atom is -0.298 e. The molecular formula is C21H22N4OS. The zero-order valence-corrected chi connectivity index (χ0v) is 16.5. The quantitative estimate of drug-likeness (QED) is 0.344. The Labute approximate surface area is 163 Å². The molecule has 3 rings (SSSR count). The number of ketones is 1. The van der Waals surface area contributed by atoms with E-state index in [1.807, 2.05) is 55.7 Å². The maximum Gasteiger partial charge on any atom is 0.192 e. The van der Waals surface area contributed by atoms with E-state index < -0.39 is 0 Å². The van der Waals surface area contributed by atoms with Crippen molar-refractivity contribution < 1.29 is 4.79 Å². The number of hydrogen-bond donors (Lipinski definition) is 0. The van der Waals surface area contributed by atoms with Crippen LogP contribution in [0.25, 0.3) is 11.4 Å². The van der Waals surface area contributed by atoms with Crippen LogP contribution in [0.5, 0.6) is 0 Å². The molecule has 1 atom stereocenters. The molecule has 2 aromatic heterocycles. The summed E-state index contributed by atoms with van der Waals surface area (Å²) in [6.07, 6.45) is 5.25. The van der Waals surface area contributed by atoms with E-state index in [9.17, 15) is 4.79 Å². The number of hydrogen-bond acceptors (Lipinski definition) is 5. The summed E-state index contributed by atoms with van der Waals surface area (Å²) in [7, 11) is 0. The number of thioether (sulfide) groups is 1. The Morgan fingerprint density at radius 3 is 2.67 bits per heavy atom. The summed E-state index contributed by atoms with van der Waals surface area (Å²) >= 11 is 1.42. The van der Waals surface area contributed by atoms with Crippen LogP contribution in [-0.2, 0) is 6.54 Å². The van der Waals surface area contributed by atoms with Crippen molar-refractivity contribution in [3.63, 3.8) is 0 Å². The van der Waals surface area contributed by atoms with Gasteiger partial charge in [0, 0.05) is 30.1 Å². The van der Waals surface area contributed by atoms with Crippen molar-refractivity contribution in [1.82, 2.24) is 19.7 Å². The third-order valence-electron chi connectivity index (χ3n) is 4.28. The summed E-state index contributed by atoms with van der Waals surface area (Å²) in [6, 6.07) is 9.74. The van der Waals surface area contributed by atoms with E-state index >= 15 is 0 Å². The minimum absolute atomic E-state index is 0.0971. The van der Waals surface area contributed by atoms with Gasteiger partial charge in [0.2, 0.25) is 0 Å². The Balaban J connectivity index is 1.88. The zero-order chi connectivity index (χ0) is 19.4. The average Bonchev–Trinajstić information content (AvgIpc) is 3.06. The van der Waals surface area contributed by atoms with Crippen LogP contribution in [-0.4, -0.2) is 30.8 Å². The molecule has 3 aromatic rings. The van der Waals surface area contributed by atoms with Crippen LogP contribution in [0.1, 0.15) is 28.4 Å². The van der Waals surface area contributed by atoms with Gasteiger partial charge in [0.1, 0.15) is 0 Å². The highest BCUT2D eigenvalue weighted by atomic mass is 32.2. The molecule has 0 saturated carbocycles. The first-order chi connectivity index (χ1) is 13.0. The third-order valence-corrected chi connectivity index (χ3v) is 5.36. The van der Waals surface area contributed by atoms with Crippen LogP contribution in [0.3, 0.4) is 0 Å². The molecule has 0 N–H and O–H groups in total. The maximum absolute atomic E-state index is 13.0. The molecule has 0 unspecified atom stereocenters. The Morgan fingerprint density at radius 2 is 1.96 bits per heavy atom. The van der Waals surface area contributed by atoms with Crippen LogP contribution in [0, 0.1) is 13.8 Å². The van der Waals surface area contributed by atoms with Crippen molar-refractivity contribution >= 4 is 17.5 Å². The largest absolute Gasteiger partial charge is 0.298 e. The van der Waals surface area contributed by atoms with Crippen LogP contribution >= 0.6 is 11.8 Å². The third kappa shape index (κ3) is 4.17. The fraction of sp³-hybridized carbons (Fsp3) is 0.238. The van der Waals surface area contributed by atoms with Gasteiger partial charge in [-0.2, -0.15) is 0 Å². The van der Waals surface area contributed by atoms with Gasteiger partial charge in [-0.05, 0) is 44.5 Å². The highest BCUT2D eigenvalue weighted by Gasteiger charge is 2.22. The smallest absolute Gasteiger partial charge is 0.192 e. The second-order valence-electron chi connectivity index (χ2n) is 6.38. The summed E-state index contributed by atoms with van der Waals surface area (Å²) in [5.41, 5.74) is 3.76. The van der Waals surface area contributed by atoms with Gasteiger partial charge >= 0.3 is 0 Å². The number of nitrogens with zero attached hydrogens (tertiary/aromatic N) is 4. The van der Waals surface area contributed by atoms with Crippen LogP contribution in [0.2, 0.25) is 0 Å². The molecule has 0 amide bonds. The summed E-state index contributed by atoms with van der Waals surface area (Å²) < 4.78 is 1.97. The molecule has 0 aliphatic carbocycles. The Morgan fingerprint density at radius 1 is 1.22 bits per heavy atom. The highest BCUT2D eigenvalue weighted by molar-refractivity contribution is 8.00. The van der Waals surface area contributed by atoms with Crippen molar-refractivity contribution in [2.45, 2.75) is 37.7 Å². The number of carbonyl (C=O) groups excluding carboxylic acids is 1. The molecule has 0 saturated heterocycles. The number of benzene rings is 1. The molecule has 6 heteroatoms. The number of carbonyl (C=O) groups is 1. The minimum atomic E-state index is -0.274. The second kappa shape index (κ2) is 8.31. The molecule has 138 valence electrons. The lowest BCUT2D eigenvalue weighted by molar-refractivity contribution is 0.0993. The van der Waals surface area contributed by atoms with Crippen LogP contribution in [0.15, 0.2) is 60.5 Å². The normalized spacial score (nSPS) is 12.0. The first-order valence-electron chi connectivity index (χ1n) is 8.74. The number of Topliss-reactive ketones (excluding diaryl/α,β-unsaturated/α-hetero) is 1. The van der Waals surface area contributed by atoms with Crippen molar-refractivity contribution in [3.8, 4) is 11.4 Å². The van der Waals surface area contributed by atoms with Gasteiger partial charge in [-0.1, -0.05) is 35.5 Å². The Hall–Kier alpha value is -2.73. The number of rotatable bonds is 7. The van der Waals surface area contributed by atoms with Gasteiger partial charge in [-0.25, -0.2) is 0 Å². The lowest BCUT2D eigenvalue weighted by atomic mass is 10.0. The molecular weight excluding hydrogens is 356 g/mol. The molecule has 5 nitrogen and oxygen atoms in total. The number of allylic oxidation sites excluding steroid dienone is 1. The van der Waals surface area contributed by atoms with Crippen LogP contribution in [0.4, 0.5) is 0 Å². The molecule has 0 fully saturated rings. The van der Waals surface area contributed by atoms with Gasteiger partial charge in [-0.3, -0.25) is 14.3 Å². The summed E-state index contributed by atoms with van der Waals surface area (Å²) in [6.45, 7) is 10.3. The topological polar surface area (TPSA) is 60.7 Å². The van der Waals surface area contributed by atoms with E-state index in [-0.39, 0.29) is 11.0 Å².